The number of nitrogens with zero attached hydrogens (tertiary/aromatic N) is 3. The van der Waals surface area contributed by atoms with Gasteiger partial charge in [0.15, 0.2) is 5.82 Å². The molecule has 0 spiro atoms. The van der Waals surface area contributed by atoms with Gasteiger partial charge in [0.1, 0.15) is 0 Å². The van der Waals surface area contributed by atoms with E-state index in [1.807, 2.05) is 20.0 Å². The van der Waals surface area contributed by atoms with Crippen LogP contribution in [0, 0.1) is 5.82 Å². The maximum atomic E-state index is 15.3. The third-order valence-electron chi connectivity index (χ3n) is 6.51. The Morgan fingerprint density at radius 2 is 1.97 bits per heavy atom. The van der Waals surface area contributed by atoms with Gasteiger partial charge >= 0.3 is 0 Å². The van der Waals surface area contributed by atoms with Crippen molar-refractivity contribution in [1.29, 1.82) is 0 Å². The van der Waals surface area contributed by atoms with E-state index < -0.39 is 5.82 Å². The summed E-state index contributed by atoms with van der Waals surface area (Å²) in [7, 11) is 2.03. The number of rotatable bonds is 7. The Balaban J connectivity index is 2.16. The average molecular weight is 467 g/mol. The highest BCUT2D eigenvalue weighted by Crippen LogP contribution is 2.37. The minimum atomic E-state index is -0.406. The largest absolute Gasteiger partial charge is 0.396 e. The monoisotopic (exact) mass is 466 g/mol. The number of anilines is 2. The molecule has 7 heteroatoms. The van der Waals surface area contributed by atoms with Crippen molar-refractivity contribution in [3.8, 4) is 0 Å². The molecule has 1 fully saturated rings. The smallest absolute Gasteiger partial charge is 0.223 e. The molecule has 0 aliphatic carbocycles. The molecular formula is C27H39FN6. The van der Waals surface area contributed by atoms with Crippen LogP contribution in [0.25, 0.3) is 11.1 Å². The number of benzene rings is 1. The van der Waals surface area contributed by atoms with Gasteiger partial charge in [-0.15, -0.1) is 0 Å². The van der Waals surface area contributed by atoms with E-state index >= 15 is 4.39 Å². The summed E-state index contributed by atoms with van der Waals surface area (Å²) in [5, 5.41) is 6.87. The van der Waals surface area contributed by atoms with Gasteiger partial charge in [-0.2, -0.15) is 0 Å². The van der Waals surface area contributed by atoms with Crippen molar-refractivity contribution in [2.75, 3.05) is 31.2 Å². The van der Waals surface area contributed by atoms with Crippen LogP contribution in [0.2, 0.25) is 0 Å². The highest BCUT2D eigenvalue weighted by molar-refractivity contribution is 6.05. The van der Waals surface area contributed by atoms with Crippen molar-refractivity contribution in [3.63, 3.8) is 0 Å². The number of nitrogen functional groups attached to an aromatic ring is 1. The molecule has 1 aromatic heterocycles. The Hall–Kier alpha value is -2.93. The number of aromatic nitrogens is 2. The first-order valence-corrected chi connectivity index (χ1v) is 12.1. The van der Waals surface area contributed by atoms with Crippen molar-refractivity contribution < 1.29 is 4.39 Å². The Morgan fingerprint density at radius 3 is 2.62 bits per heavy atom. The molecule has 0 amide bonds. The third-order valence-corrected chi connectivity index (χ3v) is 6.51. The highest BCUT2D eigenvalue weighted by atomic mass is 19.1. The van der Waals surface area contributed by atoms with Gasteiger partial charge in [0.25, 0.3) is 0 Å². The molecule has 0 bridgehead atoms. The van der Waals surface area contributed by atoms with E-state index in [0.717, 1.165) is 54.8 Å². The molecule has 1 saturated heterocycles. The van der Waals surface area contributed by atoms with Crippen LogP contribution in [0.3, 0.4) is 0 Å². The van der Waals surface area contributed by atoms with Crippen LogP contribution in [0.4, 0.5) is 16.0 Å². The fourth-order valence-electron chi connectivity index (χ4n) is 3.90. The Kier molecular flexibility index (Phi) is 8.31. The maximum Gasteiger partial charge on any atom is 0.223 e. The van der Waals surface area contributed by atoms with Crippen LogP contribution in [0.1, 0.15) is 65.1 Å². The second-order valence-corrected chi connectivity index (χ2v) is 9.98. The lowest BCUT2D eigenvalue weighted by atomic mass is 9.89. The number of allylic oxidation sites excluding steroid dienone is 3. The van der Waals surface area contributed by atoms with Gasteiger partial charge in [0, 0.05) is 42.2 Å². The summed E-state index contributed by atoms with van der Waals surface area (Å²) in [4.78, 5) is 11.5. The van der Waals surface area contributed by atoms with Gasteiger partial charge in [-0.3, -0.25) is 0 Å². The van der Waals surface area contributed by atoms with E-state index in [1.54, 1.807) is 24.4 Å². The first kappa shape index (κ1) is 25.7. The quantitative estimate of drug-likeness (QED) is 0.379. The topological polar surface area (TPSA) is 79.1 Å². The minimum Gasteiger partial charge on any atom is -0.396 e. The lowest BCUT2D eigenvalue weighted by Crippen LogP contribution is -2.35. The minimum absolute atomic E-state index is 0.131. The predicted octanol–water partition coefficient (Wildman–Crippen LogP) is 5.32. The summed E-state index contributed by atoms with van der Waals surface area (Å²) in [5.74, 6) is 0.187. The van der Waals surface area contributed by atoms with E-state index in [9.17, 15) is 0 Å². The molecule has 0 saturated carbocycles. The fourth-order valence-corrected chi connectivity index (χ4v) is 3.90. The molecule has 6 nitrogen and oxygen atoms in total. The first-order chi connectivity index (χ1) is 16.1. The lowest BCUT2D eigenvalue weighted by Gasteiger charge is -2.32. The third kappa shape index (κ3) is 6.14. The molecule has 0 radical (unpaired) electrons. The zero-order chi connectivity index (χ0) is 24.9. The summed E-state index contributed by atoms with van der Waals surface area (Å²) in [6.45, 7) is 12.5. The van der Waals surface area contributed by atoms with Gasteiger partial charge in [-0.1, -0.05) is 24.6 Å². The zero-order valence-electron chi connectivity index (χ0n) is 21.4. The Morgan fingerprint density at radius 1 is 1.26 bits per heavy atom. The average Bonchev–Trinajstić information content (AvgIpc) is 2.81. The van der Waals surface area contributed by atoms with Gasteiger partial charge in [-0.05, 0) is 77.8 Å². The van der Waals surface area contributed by atoms with Crippen molar-refractivity contribution in [2.45, 2.75) is 65.5 Å². The summed E-state index contributed by atoms with van der Waals surface area (Å²) < 4.78 is 15.3. The molecule has 3 rings (SSSR count). The molecule has 1 aromatic carbocycles. The summed E-state index contributed by atoms with van der Waals surface area (Å²) in [6, 6.07) is 7.41. The molecule has 2 aromatic rings. The number of hydrogen-bond donors (Lipinski definition) is 3. The molecule has 0 atom stereocenters. The second kappa shape index (κ2) is 11.0. The van der Waals surface area contributed by atoms with Gasteiger partial charge in [0.2, 0.25) is 5.95 Å². The van der Waals surface area contributed by atoms with Gasteiger partial charge < -0.3 is 21.3 Å². The van der Waals surface area contributed by atoms with Crippen molar-refractivity contribution in [1.82, 2.24) is 20.2 Å². The zero-order valence-corrected chi connectivity index (χ0v) is 21.4. The van der Waals surface area contributed by atoms with Gasteiger partial charge in [0.05, 0.1) is 11.4 Å². The number of halogens is 1. The van der Waals surface area contributed by atoms with Gasteiger partial charge in [-0.25, -0.2) is 14.4 Å². The van der Waals surface area contributed by atoms with E-state index in [-0.39, 0.29) is 11.2 Å². The van der Waals surface area contributed by atoms with Crippen LogP contribution < -0.4 is 16.4 Å². The molecule has 4 N–H and O–H groups in total. The van der Waals surface area contributed by atoms with E-state index in [1.165, 1.54) is 0 Å². The van der Waals surface area contributed by atoms with Crippen molar-refractivity contribution in [2.24, 2.45) is 0 Å². The van der Waals surface area contributed by atoms with E-state index in [0.29, 0.717) is 17.6 Å². The fraction of sp³-hybridized carbons (Fsp3) is 0.481. The van der Waals surface area contributed by atoms with Crippen LogP contribution in [-0.2, 0) is 0 Å². The number of piperidine rings is 1. The normalized spacial score (nSPS) is 16.3. The summed E-state index contributed by atoms with van der Waals surface area (Å²) in [6.07, 6.45) is 6.65. The maximum absolute atomic E-state index is 15.3. The lowest BCUT2D eigenvalue weighted by molar-refractivity contribution is 0.251. The van der Waals surface area contributed by atoms with E-state index in [2.05, 4.69) is 54.4 Å². The predicted molar refractivity (Wildman–Crippen MR) is 141 cm³/mol. The number of hydrogen-bond acceptors (Lipinski definition) is 6. The van der Waals surface area contributed by atoms with Crippen LogP contribution in [-0.4, -0.2) is 46.6 Å². The first-order valence-electron chi connectivity index (χ1n) is 12.1. The highest BCUT2D eigenvalue weighted by Gasteiger charge is 2.23. The van der Waals surface area contributed by atoms with Crippen LogP contribution in [0.5, 0.6) is 0 Å². The molecule has 0 unspecified atom stereocenters. The molecular weight excluding hydrogens is 427 g/mol. The Labute approximate surface area is 203 Å². The molecule has 184 valence electrons. The Bertz CT molecular complexity index is 1050. The van der Waals surface area contributed by atoms with Crippen molar-refractivity contribution >= 4 is 22.8 Å². The summed E-state index contributed by atoms with van der Waals surface area (Å²) >= 11 is 0. The summed E-state index contributed by atoms with van der Waals surface area (Å²) in [5.41, 5.74) is 9.92. The second-order valence-electron chi connectivity index (χ2n) is 9.98. The SMILES string of the molecule is CCC(C)=C(/C(=C\N(C)C(C)(C)C)c1ccnc(NC2CCNCC2)n1)c1cccc(N)c1F. The van der Waals surface area contributed by atoms with Crippen LogP contribution >= 0.6 is 0 Å². The number of nitrogens with one attached hydrogen (secondary N) is 2. The van der Waals surface area contributed by atoms with Crippen molar-refractivity contribution in [3.05, 3.63) is 59.3 Å². The molecule has 2 heterocycles. The van der Waals surface area contributed by atoms with E-state index in [4.69, 9.17) is 10.7 Å². The molecule has 1 aliphatic heterocycles. The molecule has 1 aliphatic rings. The van der Waals surface area contributed by atoms with Crippen LogP contribution in [0.15, 0.2) is 42.2 Å². The standard InChI is InChI=1S/C27H39FN6/c1-7-18(2)24(20-9-8-10-22(29)25(20)28)21(17-34(6)27(3,4)5)23-13-16-31-26(33-23)32-19-11-14-30-15-12-19/h8-10,13,16-17,19,30H,7,11-12,14-15,29H2,1-6H3,(H,31,32,33)/b21-17-,24-18?. The molecule has 34 heavy (non-hydrogen) atoms. The number of nitrogens with two attached hydrogens (primary N) is 1.